The van der Waals surface area contributed by atoms with Crippen molar-refractivity contribution < 1.29 is 0 Å². The molecule has 0 unspecified atom stereocenters. The Balaban J connectivity index is 2.88. The van der Waals surface area contributed by atoms with Crippen molar-refractivity contribution in [2.24, 2.45) is 0 Å². The second-order valence-electron chi connectivity index (χ2n) is 3.68. The fourth-order valence-electron chi connectivity index (χ4n) is 1.12. The van der Waals surface area contributed by atoms with Gasteiger partial charge in [0.25, 0.3) is 0 Å². The summed E-state index contributed by atoms with van der Waals surface area (Å²) in [4.78, 5) is 11.6. The van der Waals surface area contributed by atoms with Crippen molar-refractivity contribution >= 4 is 23.5 Å². The molecule has 0 radical (unpaired) electrons. The van der Waals surface area contributed by atoms with Gasteiger partial charge in [0, 0.05) is 5.54 Å². The van der Waals surface area contributed by atoms with Gasteiger partial charge in [0.15, 0.2) is 0 Å². The molecule has 0 spiro atoms. The number of halogens is 1. The maximum absolute atomic E-state index is 5.68. The Hall–Kier alpha value is -1.10. The molecule has 0 saturated carbocycles. The van der Waals surface area contributed by atoms with Crippen LogP contribution in [-0.2, 0) is 0 Å². The molecule has 3 N–H and O–H groups in total. The van der Waals surface area contributed by atoms with Gasteiger partial charge in [0.1, 0.15) is 0 Å². The third-order valence-electron chi connectivity index (χ3n) is 2.60. The van der Waals surface area contributed by atoms with E-state index in [4.69, 9.17) is 17.3 Å². The number of nitrogen functional groups attached to an aromatic ring is 1. The van der Waals surface area contributed by atoms with Crippen molar-refractivity contribution in [2.45, 2.75) is 39.2 Å². The summed E-state index contributed by atoms with van der Waals surface area (Å²) in [6.07, 6.45) is 1.93. The summed E-state index contributed by atoms with van der Waals surface area (Å²) in [5.74, 6) is 0.561. The highest BCUT2D eigenvalue weighted by atomic mass is 35.5. The van der Waals surface area contributed by atoms with E-state index >= 15 is 0 Å². The Morgan fingerprint density at radius 2 is 1.87 bits per heavy atom. The van der Waals surface area contributed by atoms with Crippen LogP contribution in [0, 0.1) is 0 Å². The summed E-state index contributed by atoms with van der Waals surface area (Å²) in [5.41, 5.74) is 5.43. The molecule has 1 rings (SSSR count). The first-order valence-corrected chi connectivity index (χ1v) is 5.32. The summed E-state index contributed by atoms with van der Waals surface area (Å²) in [7, 11) is 0. The topological polar surface area (TPSA) is 76.7 Å². The van der Waals surface area contributed by atoms with Crippen LogP contribution in [-0.4, -0.2) is 20.5 Å². The third kappa shape index (κ3) is 3.20. The van der Waals surface area contributed by atoms with Crippen molar-refractivity contribution in [1.82, 2.24) is 15.0 Å². The highest BCUT2D eigenvalue weighted by molar-refractivity contribution is 6.28. The van der Waals surface area contributed by atoms with Gasteiger partial charge in [-0.1, -0.05) is 13.8 Å². The number of anilines is 2. The lowest BCUT2D eigenvalue weighted by atomic mass is 9.96. The third-order valence-corrected chi connectivity index (χ3v) is 2.77. The van der Waals surface area contributed by atoms with Crippen molar-refractivity contribution in [3.8, 4) is 0 Å². The average Bonchev–Trinajstić information content (AvgIpc) is 2.16. The van der Waals surface area contributed by atoms with Gasteiger partial charge in [-0.2, -0.15) is 15.0 Å². The van der Waals surface area contributed by atoms with Gasteiger partial charge in [-0.25, -0.2) is 0 Å². The predicted molar refractivity (Wildman–Crippen MR) is 61.9 cm³/mol. The fourth-order valence-corrected chi connectivity index (χ4v) is 1.28. The molecular weight excluding hydrogens is 214 g/mol. The summed E-state index contributed by atoms with van der Waals surface area (Å²) >= 11 is 5.68. The molecule has 5 nitrogen and oxygen atoms in total. The fraction of sp³-hybridized carbons (Fsp3) is 0.667. The number of nitrogens with one attached hydrogen (secondary N) is 1. The second kappa shape index (κ2) is 4.61. The zero-order valence-corrected chi connectivity index (χ0v) is 9.97. The van der Waals surface area contributed by atoms with Crippen molar-refractivity contribution in [1.29, 1.82) is 0 Å². The molecule has 0 amide bonds. The number of nitrogens with two attached hydrogens (primary N) is 1. The molecular formula is C9H16ClN5. The first-order valence-electron chi connectivity index (χ1n) is 4.94. The molecule has 0 aliphatic heterocycles. The number of hydrogen-bond donors (Lipinski definition) is 2. The van der Waals surface area contributed by atoms with Crippen LogP contribution in [0.4, 0.5) is 11.9 Å². The summed E-state index contributed by atoms with van der Waals surface area (Å²) in [6, 6.07) is 0. The monoisotopic (exact) mass is 229 g/mol. The molecule has 0 aromatic carbocycles. The Labute approximate surface area is 94.5 Å². The number of aromatic nitrogens is 3. The van der Waals surface area contributed by atoms with Gasteiger partial charge >= 0.3 is 0 Å². The van der Waals surface area contributed by atoms with Crippen molar-refractivity contribution in [3.05, 3.63) is 5.28 Å². The number of rotatable bonds is 4. The molecule has 1 heterocycles. The van der Waals surface area contributed by atoms with Crippen LogP contribution < -0.4 is 11.1 Å². The smallest absolute Gasteiger partial charge is 0.229 e. The maximum Gasteiger partial charge on any atom is 0.229 e. The molecule has 0 aliphatic rings. The second-order valence-corrected chi connectivity index (χ2v) is 4.02. The summed E-state index contributed by atoms with van der Waals surface area (Å²) in [5, 5.41) is 3.32. The Kier molecular flexibility index (Phi) is 3.68. The molecule has 0 atom stereocenters. The predicted octanol–water partition coefficient (Wildman–Crippen LogP) is 2.10. The number of hydrogen-bond acceptors (Lipinski definition) is 5. The zero-order valence-electron chi connectivity index (χ0n) is 9.21. The quantitative estimate of drug-likeness (QED) is 0.827. The highest BCUT2D eigenvalue weighted by Crippen LogP contribution is 2.19. The minimum atomic E-state index is -0.0445. The van der Waals surface area contributed by atoms with E-state index in [-0.39, 0.29) is 16.8 Å². The Morgan fingerprint density at radius 1 is 1.27 bits per heavy atom. The maximum atomic E-state index is 5.68. The summed E-state index contributed by atoms with van der Waals surface area (Å²) < 4.78 is 0. The minimum Gasteiger partial charge on any atom is -0.368 e. The zero-order chi connectivity index (χ0) is 11.5. The molecule has 15 heavy (non-hydrogen) atoms. The normalized spacial score (nSPS) is 11.5. The number of nitrogens with zero attached hydrogens (tertiary/aromatic N) is 3. The van der Waals surface area contributed by atoms with Crippen LogP contribution in [0.3, 0.4) is 0 Å². The van der Waals surface area contributed by atoms with Gasteiger partial charge in [0.2, 0.25) is 17.2 Å². The molecule has 0 fully saturated rings. The molecule has 0 bridgehead atoms. The standard InChI is InChI=1S/C9H16ClN5/c1-4-9(3,5-2)15-8-13-6(10)12-7(11)14-8/h4-5H2,1-3H3,(H3,11,12,13,14,15). The van der Waals surface area contributed by atoms with Crippen molar-refractivity contribution in [2.75, 3.05) is 11.1 Å². The van der Waals surface area contributed by atoms with Gasteiger partial charge in [0.05, 0.1) is 0 Å². The van der Waals surface area contributed by atoms with Gasteiger partial charge < -0.3 is 11.1 Å². The molecule has 0 aliphatic carbocycles. The molecule has 84 valence electrons. The Morgan fingerprint density at radius 3 is 2.33 bits per heavy atom. The molecule has 1 aromatic rings. The molecule has 0 saturated heterocycles. The van der Waals surface area contributed by atoms with E-state index in [1.54, 1.807) is 0 Å². The van der Waals surface area contributed by atoms with E-state index in [9.17, 15) is 0 Å². The van der Waals surface area contributed by atoms with Crippen LogP contribution >= 0.6 is 11.6 Å². The minimum absolute atomic E-state index is 0.0445. The van der Waals surface area contributed by atoms with E-state index in [2.05, 4.69) is 41.0 Å². The van der Waals surface area contributed by atoms with E-state index in [0.717, 1.165) is 12.8 Å². The average molecular weight is 230 g/mol. The van der Waals surface area contributed by atoms with Crippen LogP contribution in [0.5, 0.6) is 0 Å². The van der Waals surface area contributed by atoms with Crippen LogP contribution in [0.1, 0.15) is 33.6 Å². The van der Waals surface area contributed by atoms with E-state index in [0.29, 0.717) is 5.95 Å². The van der Waals surface area contributed by atoms with Crippen molar-refractivity contribution in [3.63, 3.8) is 0 Å². The first-order chi connectivity index (χ1) is 6.99. The lowest BCUT2D eigenvalue weighted by Gasteiger charge is -2.28. The lowest BCUT2D eigenvalue weighted by molar-refractivity contribution is 0.474. The van der Waals surface area contributed by atoms with Crippen LogP contribution in [0.15, 0.2) is 0 Å². The van der Waals surface area contributed by atoms with E-state index in [1.165, 1.54) is 0 Å². The highest BCUT2D eigenvalue weighted by Gasteiger charge is 2.20. The first kappa shape index (κ1) is 12.0. The molecule has 6 heteroatoms. The largest absolute Gasteiger partial charge is 0.368 e. The van der Waals surface area contributed by atoms with Crippen LogP contribution in [0.25, 0.3) is 0 Å². The summed E-state index contributed by atoms with van der Waals surface area (Å²) in [6.45, 7) is 6.30. The van der Waals surface area contributed by atoms with Gasteiger partial charge in [-0.3, -0.25) is 0 Å². The SMILES string of the molecule is CCC(C)(CC)Nc1nc(N)nc(Cl)n1. The Bertz CT molecular complexity index is 317. The molecule has 1 aromatic heterocycles. The lowest BCUT2D eigenvalue weighted by Crippen LogP contribution is -2.34. The van der Waals surface area contributed by atoms with Gasteiger partial charge in [-0.15, -0.1) is 0 Å². The van der Waals surface area contributed by atoms with Crippen LogP contribution in [0.2, 0.25) is 5.28 Å². The van der Waals surface area contributed by atoms with E-state index in [1.807, 2.05) is 0 Å². The van der Waals surface area contributed by atoms with Gasteiger partial charge in [-0.05, 0) is 31.4 Å². The van der Waals surface area contributed by atoms with E-state index < -0.39 is 0 Å².